The van der Waals surface area contributed by atoms with Gasteiger partial charge in [0.15, 0.2) is 0 Å². The van der Waals surface area contributed by atoms with Crippen LogP contribution in [-0.2, 0) is 0 Å². The molecule has 2 atom stereocenters. The first kappa shape index (κ1) is 11.8. The standard InChI is InChI=1S/C12H22N4/c1-12(14,9-13)10-15-5-3-7-16-6-2-4-11(16)8-15/h11H,2-8,10,14H2,1H3. The molecule has 2 heterocycles. The Bertz CT molecular complexity index is 281. The second kappa shape index (κ2) is 4.70. The van der Waals surface area contributed by atoms with E-state index in [1.807, 2.05) is 6.92 Å². The maximum Gasteiger partial charge on any atom is 0.114 e. The van der Waals surface area contributed by atoms with Gasteiger partial charge in [-0.05, 0) is 45.8 Å². The molecule has 90 valence electrons. The van der Waals surface area contributed by atoms with Gasteiger partial charge in [-0.25, -0.2) is 0 Å². The number of nitrogens with two attached hydrogens (primary N) is 1. The molecule has 0 spiro atoms. The predicted molar refractivity (Wildman–Crippen MR) is 63.9 cm³/mol. The summed E-state index contributed by atoms with van der Waals surface area (Å²) in [5.74, 6) is 0. The van der Waals surface area contributed by atoms with E-state index in [2.05, 4.69) is 15.9 Å². The summed E-state index contributed by atoms with van der Waals surface area (Å²) in [7, 11) is 0. The molecule has 2 aliphatic heterocycles. The van der Waals surface area contributed by atoms with Gasteiger partial charge in [0.25, 0.3) is 0 Å². The molecule has 0 aromatic rings. The second-order valence-electron chi connectivity index (χ2n) is 5.45. The molecular weight excluding hydrogens is 200 g/mol. The zero-order valence-corrected chi connectivity index (χ0v) is 10.2. The highest BCUT2D eigenvalue weighted by molar-refractivity contribution is 5.03. The molecule has 0 radical (unpaired) electrons. The monoisotopic (exact) mass is 222 g/mol. The van der Waals surface area contributed by atoms with Crippen molar-refractivity contribution in [2.75, 3.05) is 32.7 Å². The van der Waals surface area contributed by atoms with E-state index in [4.69, 9.17) is 11.0 Å². The van der Waals surface area contributed by atoms with Crippen LogP contribution in [0.3, 0.4) is 0 Å². The van der Waals surface area contributed by atoms with E-state index < -0.39 is 5.54 Å². The fourth-order valence-electron chi connectivity index (χ4n) is 2.93. The zero-order chi connectivity index (χ0) is 11.6. The number of hydrogen-bond donors (Lipinski definition) is 1. The third-order valence-corrected chi connectivity index (χ3v) is 3.70. The second-order valence-corrected chi connectivity index (χ2v) is 5.45. The van der Waals surface area contributed by atoms with E-state index in [1.54, 1.807) is 0 Å². The van der Waals surface area contributed by atoms with E-state index in [9.17, 15) is 0 Å². The van der Waals surface area contributed by atoms with E-state index in [1.165, 1.54) is 32.4 Å². The average Bonchev–Trinajstić information content (AvgIpc) is 2.58. The lowest BCUT2D eigenvalue weighted by Gasteiger charge is -2.29. The lowest BCUT2D eigenvalue weighted by Crippen LogP contribution is -2.48. The summed E-state index contributed by atoms with van der Waals surface area (Å²) in [5.41, 5.74) is 5.22. The SMILES string of the molecule is CC(N)(C#N)CN1CCCN2CCCC2C1. The Morgan fingerprint density at radius 1 is 1.38 bits per heavy atom. The van der Waals surface area contributed by atoms with E-state index in [-0.39, 0.29) is 0 Å². The van der Waals surface area contributed by atoms with Crippen LogP contribution >= 0.6 is 0 Å². The highest BCUT2D eigenvalue weighted by Crippen LogP contribution is 2.21. The van der Waals surface area contributed by atoms with Gasteiger partial charge in [0.2, 0.25) is 0 Å². The quantitative estimate of drug-likeness (QED) is 0.734. The summed E-state index contributed by atoms with van der Waals surface area (Å²) >= 11 is 0. The van der Waals surface area contributed by atoms with E-state index in [0.29, 0.717) is 12.6 Å². The molecule has 4 heteroatoms. The lowest BCUT2D eigenvalue weighted by atomic mass is 10.1. The Labute approximate surface area is 98.0 Å². The van der Waals surface area contributed by atoms with Crippen LogP contribution < -0.4 is 5.73 Å². The summed E-state index contributed by atoms with van der Waals surface area (Å²) in [6.07, 6.45) is 3.85. The van der Waals surface area contributed by atoms with Gasteiger partial charge in [-0.2, -0.15) is 5.26 Å². The van der Waals surface area contributed by atoms with E-state index in [0.717, 1.165) is 13.1 Å². The molecule has 0 bridgehead atoms. The summed E-state index contributed by atoms with van der Waals surface area (Å²) in [6, 6.07) is 2.90. The van der Waals surface area contributed by atoms with E-state index >= 15 is 0 Å². The highest BCUT2D eigenvalue weighted by Gasteiger charge is 2.31. The third kappa shape index (κ3) is 2.73. The van der Waals surface area contributed by atoms with Gasteiger partial charge in [0, 0.05) is 19.1 Å². The number of rotatable bonds is 2. The minimum atomic E-state index is -0.701. The normalized spacial score (nSPS) is 31.4. The zero-order valence-electron chi connectivity index (χ0n) is 10.2. The summed E-state index contributed by atoms with van der Waals surface area (Å²) in [5, 5.41) is 8.97. The molecule has 0 aromatic carbocycles. The molecule has 0 saturated carbocycles. The van der Waals surface area contributed by atoms with Crippen molar-refractivity contribution in [2.24, 2.45) is 5.73 Å². The first-order chi connectivity index (χ1) is 7.61. The van der Waals surface area contributed by atoms with Gasteiger partial charge in [-0.3, -0.25) is 9.80 Å². The van der Waals surface area contributed by atoms with Crippen molar-refractivity contribution >= 4 is 0 Å². The fourth-order valence-corrected chi connectivity index (χ4v) is 2.93. The van der Waals surface area contributed by atoms with Crippen LogP contribution in [0.2, 0.25) is 0 Å². The Morgan fingerprint density at radius 3 is 2.88 bits per heavy atom. The van der Waals surface area contributed by atoms with Crippen molar-refractivity contribution in [2.45, 2.75) is 37.8 Å². The molecule has 2 saturated heterocycles. The maximum atomic E-state index is 8.97. The molecule has 4 nitrogen and oxygen atoms in total. The number of nitrogens with zero attached hydrogens (tertiary/aromatic N) is 3. The van der Waals surface area contributed by atoms with Gasteiger partial charge < -0.3 is 5.73 Å². The average molecular weight is 222 g/mol. The van der Waals surface area contributed by atoms with Crippen LogP contribution in [0.1, 0.15) is 26.2 Å². The molecule has 16 heavy (non-hydrogen) atoms. The van der Waals surface area contributed by atoms with Gasteiger partial charge in [0.1, 0.15) is 5.54 Å². The molecule has 2 rings (SSSR count). The van der Waals surface area contributed by atoms with Gasteiger partial charge >= 0.3 is 0 Å². The Hall–Kier alpha value is -0.630. The van der Waals surface area contributed by atoms with Crippen LogP contribution in [-0.4, -0.2) is 54.1 Å². The Morgan fingerprint density at radius 2 is 2.12 bits per heavy atom. The summed E-state index contributed by atoms with van der Waals surface area (Å²) < 4.78 is 0. The number of hydrogen-bond acceptors (Lipinski definition) is 4. The summed E-state index contributed by atoms with van der Waals surface area (Å²) in [6.45, 7) is 7.18. The third-order valence-electron chi connectivity index (χ3n) is 3.70. The molecule has 0 amide bonds. The molecular formula is C12H22N4. The Kier molecular flexibility index (Phi) is 3.48. The molecule has 0 aromatic heterocycles. The Balaban J connectivity index is 1.93. The summed E-state index contributed by atoms with van der Waals surface area (Å²) in [4.78, 5) is 4.97. The maximum absolute atomic E-state index is 8.97. The molecule has 2 fully saturated rings. The largest absolute Gasteiger partial charge is 0.313 e. The van der Waals surface area contributed by atoms with Crippen LogP contribution in [0, 0.1) is 11.3 Å². The lowest BCUT2D eigenvalue weighted by molar-refractivity contribution is 0.204. The van der Waals surface area contributed by atoms with Gasteiger partial charge in [0.05, 0.1) is 6.07 Å². The molecule has 2 unspecified atom stereocenters. The predicted octanol–water partition coefficient (Wildman–Crippen LogP) is 0.397. The highest BCUT2D eigenvalue weighted by atomic mass is 15.3. The minimum Gasteiger partial charge on any atom is -0.313 e. The fraction of sp³-hybridized carbons (Fsp3) is 0.917. The minimum absolute atomic E-state index is 0.701. The van der Waals surface area contributed by atoms with Crippen molar-refractivity contribution in [3.63, 3.8) is 0 Å². The van der Waals surface area contributed by atoms with Crippen LogP contribution in [0.5, 0.6) is 0 Å². The van der Waals surface area contributed by atoms with Crippen molar-refractivity contribution in [1.82, 2.24) is 9.80 Å². The molecule has 0 aliphatic carbocycles. The first-order valence-corrected chi connectivity index (χ1v) is 6.27. The topological polar surface area (TPSA) is 56.3 Å². The number of nitriles is 1. The molecule has 2 aliphatic rings. The van der Waals surface area contributed by atoms with Crippen LogP contribution in [0.15, 0.2) is 0 Å². The van der Waals surface area contributed by atoms with Crippen LogP contribution in [0.4, 0.5) is 0 Å². The molecule has 2 N–H and O–H groups in total. The van der Waals surface area contributed by atoms with Gasteiger partial charge in [-0.1, -0.05) is 0 Å². The van der Waals surface area contributed by atoms with Crippen molar-refractivity contribution in [1.29, 1.82) is 5.26 Å². The van der Waals surface area contributed by atoms with Crippen molar-refractivity contribution in [3.05, 3.63) is 0 Å². The number of fused-ring (bicyclic) bond motifs is 1. The van der Waals surface area contributed by atoms with Crippen LogP contribution in [0.25, 0.3) is 0 Å². The van der Waals surface area contributed by atoms with Gasteiger partial charge in [-0.15, -0.1) is 0 Å². The first-order valence-electron chi connectivity index (χ1n) is 6.27. The van der Waals surface area contributed by atoms with Crippen molar-refractivity contribution < 1.29 is 0 Å². The van der Waals surface area contributed by atoms with Crippen molar-refractivity contribution in [3.8, 4) is 6.07 Å². The smallest absolute Gasteiger partial charge is 0.114 e.